The van der Waals surface area contributed by atoms with Crippen molar-refractivity contribution < 1.29 is 0 Å². The summed E-state index contributed by atoms with van der Waals surface area (Å²) in [5.41, 5.74) is 8.46. The number of hydrogen-bond acceptors (Lipinski definition) is 10. The average molecular weight is 430 g/mol. The molecule has 0 aliphatic carbocycles. The molecule has 2 heterocycles. The summed E-state index contributed by atoms with van der Waals surface area (Å²) in [7, 11) is 0. The van der Waals surface area contributed by atoms with Gasteiger partial charge in [-0.05, 0) is 13.8 Å². The first kappa shape index (κ1) is 20.5. The van der Waals surface area contributed by atoms with Crippen LogP contribution in [0.25, 0.3) is 0 Å². The third-order valence-electron chi connectivity index (χ3n) is 4.59. The van der Waals surface area contributed by atoms with E-state index in [2.05, 4.69) is 41.4 Å². The zero-order chi connectivity index (χ0) is 22.5. The summed E-state index contributed by atoms with van der Waals surface area (Å²) in [6.45, 7) is 3.48. The molecule has 0 bridgehead atoms. The third-order valence-corrected chi connectivity index (χ3v) is 4.59. The lowest BCUT2D eigenvalue weighted by molar-refractivity contribution is 0.925. The van der Waals surface area contributed by atoms with Crippen LogP contribution in [-0.4, -0.2) is 41.2 Å². The number of anilines is 2. The number of nitrogens with two attached hydrogens (primary N) is 2. The van der Waals surface area contributed by atoms with E-state index in [-0.39, 0.29) is 11.9 Å². The van der Waals surface area contributed by atoms with Crippen molar-refractivity contribution in [1.29, 1.82) is 0 Å². The van der Waals surface area contributed by atoms with Gasteiger partial charge in [-0.1, -0.05) is 60.7 Å². The predicted octanol–water partition coefficient (Wildman–Crippen LogP) is 1.25. The molecule has 162 valence electrons. The fraction of sp³-hybridized carbons (Fsp3) is 0.100. The third kappa shape index (κ3) is 4.23. The molecule has 0 fully saturated rings. The number of nitrogens with one attached hydrogen (secondary N) is 2. The number of rotatable bonds is 7. The van der Waals surface area contributed by atoms with Crippen molar-refractivity contribution in [3.05, 3.63) is 83.4 Å². The Morgan fingerprint density at radius 1 is 0.656 bits per heavy atom. The van der Waals surface area contributed by atoms with Gasteiger partial charge in [-0.3, -0.25) is 0 Å². The summed E-state index contributed by atoms with van der Waals surface area (Å²) < 4.78 is 2.62. The second kappa shape index (κ2) is 8.95. The van der Waals surface area contributed by atoms with E-state index in [4.69, 9.17) is 11.7 Å². The van der Waals surface area contributed by atoms with Crippen LogP contribution in [0.15, 0.2) is 70.9 Å². The van der Waals surface area contributed by atoms with Crippen molar-refractivity contribution in [2.75, 3.05) is 22.5 Å². The van der Waals surface area contributed by atoms with E-state index < -0.39 is 0 Å². The molecule has 0 unspecified atom stereocenters. The van der Waals surface area contributed by atoms with Crippen molar-refractivity contribution in [3.63, 3.8) is 0 Å². The molecule has 32 heavy (non-hydrogen) atoms. The summed E-state index contributed by atoms with van der Waals surface area (Å²) in [6.07, 6.45) is 0. The number of hydrogen-bond donors (Lipinski definition) is 4. The number of nitrogen functional groups attached to an aromatic ring is 2. The Kier molecular flexibility index (Phi) is 5.74. The van der Waals surface area contributed by atoms with E-state index in [1.165, 1.54) is 9.35 Å². The van der Waals surface area contributed by atoms with E-state index in [0.717, 1.165) is 11.1 Å². The van der Waals surface area contributed by atoms with Gasteiger partial charge in [0, 0.05) is 11.1 Å². The molecule has 4 aromatic rings. The molecular formula is C20H22N12. The highest BCUT2D eigenvalue weighted by Gasteiger charge is 2.17. The quantitative estimate of drug-likeness (QED) is 0.193. The molecule has 12 nitrogen and oxygen atoms in total. The number of nitrogens with zero attached hydrogens (tertiary/aromatic N) is 8. The van der Waals surface area contributed by atoms with Crippen LogP contribution in [-0.2, 0) is 0 Å². The highest BCUT2D eigenvalue weighted by atomic mass is 15.5. The summed E-state index contributed by atoms with van der Waals surface area (Å²) in [5, 5.41) is 25.0. The minimum Gasteiger partial charge on any atom is -0.335 e. The molecule has 0 spiro atoms. The van der Waals surface area contributed by atoms with Crippen molar-refractivity contribution >= 4 is 23.3 Å². The Labute approximate surface area is 183 Å². The number of aryl methyl sites for hydroxylation is 2. The van der Waals surface area contributed by atoms with Crippen LogP contribution in [0, 0.1) is 13.8 Å². The second-order valence-corrected chi connectivity index (χ2v) is 6.76. The van der Waals surface area contributed by atoms with Gasteiger partial charge in [-0.25, -0.2) is 20.2 Å². The molecule has 4 rings (SSSR count). The molecule has 0 saturated heterocycles. The fourth-order valence-corrected chi connectivity index (χ4v) is 2.80. The largest absolute Gasteiger partial charge is 0.335 e. The van der Waals surface area contributed by atoms with Gasteiger partial charge < -0.3 is 11.7 Å². The Bertz CT molecular complexity index is 1150. The Morgan fingerprint density at radius 2 is 1.03 bits per heavy atom. The second-order valence-electron chi connectivity index (χ2n) is 6.76. The lowest BCUT2D eigenvalue weighted by Crippen LogP contribution is -2.22. The normalized spacial score (nSPS) is 12.1. The van der Waals surface area contributed by atoms with E-state index >= 15 is 0 Å². The topological polar surface area (TPSA) is 162 Å². The molecule has 6 N–H and O–H groups in total. The molecule has 2 aromatic heterocycles. The summed E-state index contributed by atoms with van der Waals surface area (Å²) in [4.78, 5) is 0. The van der Waals surface area contributed by atoms with E-state index in [1.54, 1.807) is 13.8 Å². The van der Waals surface area contributed by atoms with Crippen LogP contribution in [0.3, 0.4) is 0 Å². The van der Waals surface area contributed by atoms with Gasteiger partial charge in [-0.2, -0.15) is 10.2 Å². The molecule has 0 radical (unpaired) electrons. The Hall–Kier alpha value is -4.74. The van der Waals surface area contributed by atoms with Gasteiger partial charge in [0.05, 0.1) is 0 Å². The van der Waals surface area contributed by atoms with Crippen LogP contribution in [0.4, 0.5) is 11.9 Å². The van der Waals surface area contributed by atoms with E-state index in [0.29, 0.717) is 23.1 Å². The first-order chi connectivity index (χ1) is 15.5. The van der Waals surface area contributed by atoms with Gasteiger partial charge in [0.25, 0.3) is 11.9 Å². The number of benzene rings is 2. The fourth-order valence-electron chi connectivity index (χ4n) is 2.80. The highest BCUT2D eigenvalue weighted by molar-refractivity contribution is 6.53. The molecular weight excluding hydrogens is 408 g/mol. The highest BCUT2D eigenvalue weighted by Crippen LogP contribution is 2.13. The molecule has 0 aliphatic rings. The first-order valence-electron chi connectivity index (χ1n) is 9.67. The zero-order valence-electron chi connectivity index (χ0n) is 17.5. The van der Waals surface area contributed by atoms with Crippen LogP contribution in [0.2, 0.25) is 0 Å². The minimum absolute atomic E-state index is 0.286. The molecule has 12 heteroatoms. The SMILES string of the molecule is Cc1nnc(N/N=C(\C(=N/Nc2nnc(C)n2N)c2ccccc2)c2ccccc2)n1N. The number of hydrazone groups is 2. The van der Waals surface area contributed by atoms with Gasteiger partial charge in [0.2, 0.25) is 0 Å². The summed E-state index contributed by atoms with van der Waals surface area (Å²) >= 11 is 0. The standard InChI is InChI=1S/C20H22N12/c1-13-23-27-19(31(13)21)29-25-17(15-9-5-3-6-10-15)18(16-11-7-4-8-12-16)26-30-20-28-24-14(2)32(20)22/h3-12H,21-22H2,1-2H3,(H,27,29)(H,28,30)/b25-17-,26-18-. The maximum atomic E-state index is 5.95. The lowest BCUT2D eigenvalue weighted by Gasteiger charge is -2.12. The van der Waals surface area contributed by atoms with E-state index in [9.17, 15) is 0 Å². The Balaban J connectivity index is 1.80. The van der Waals surface area contributed by atoms with Gasteiger partial charge >= 0.3 is 0 Å². The first-order valence-corrected chi connectivity index (χ1v) is 9.67. The van der Waals surface area contributed by atoms with Crippen molar-refractivity contribution in [2.24, 2.45) is 10.2 Å². The molecule has 0 atom stereocenters. The molecule has 0 saturated carbocycles. The monoisotopic (exact) mass is 430 g/mol. The average Bonchev–Trinajstić information content (AvgIpc) is 3.32. The lowest BCUT2D eigenvalue weighted by atomic mass is 10.00. The summed E-state index contributed by atoms with van der Waals surface area (Å²) in [6, 6.07) is 19.2. The zero-order valence-corrected chi connectivity index (χ0v) is 17.5. The summed E-state index contributed by atoms with van der Waals surface area (Å²) in [5.74, 6) is 13.6. The van der Waals surface area contributed by atoms with Crippen LogP contribution in [0.1, 0.15) is 22.8 Å². The van der Waals surface area contributed by atoms with Crippen LogP contribution in [0.5, 0.6) is 0 Å². The van der Waals surface area contributed by atoms with Gasteiger partial charge in [-0.15, -0.1) is 20.4 Å². The maximum Gasteiger partial charge on any atom is 0.263 e. The minimum atomic E-state index is 0.286. The Morgan fingerprint density at radius 3 is 1.34 bits per heavy atom. The van der Waals surface area contributed by atoms with E-state index in [1.807, 2.05) is 60.7 Å². The van der Waals surface area contributed by atoms with Gasteiger partial charge in [0.15, 0.2) is 11.6 Å². The molecule has 0 amide bonds. The van der Waals surface area contributed by atoms with Crippen LogP contribution < -0.4 is 22.5 Å². The van der Waals surface area contributed by atoms with Crippen LogP contribution >= 0.6 is 0 Å². The van der Waals surface area contributed by atoms with Crippen molar-refractivity contribution in [2.45, 2.75) is 13.8 Å². The molecule has 0 aliphatic heterocycles. The smallest absolute Gasteiger partial charge is 0.263 e. The predicted molar refractivity (Wildman–Crippen MR) is 123 cm³/mol. The maximum absolute atomic E-state index is 5.95. The molecule has 2 aromatic carbocycles. The van der Waals surface area contributed by atoms with Crippen molar-refractivity contribution in [1.82, 2.24) is 29.7 Å². The van der Waals surface area contributed by atoms with Crippen molar-refractivity contribution in [3.8, 4) is 0 Å². The number of aromatic nitrogens is 6. The van der Waals surface area contributed by atoms with Gasteiger partial charge in [0.1, 0.15) is 11.4 Å².